The first-order valence-electron chi connectivity index (χ1n) is 8.69. The molecule has 1 amide bonds. The van der Waals surface area contributed by atoms with Crippen LogP contribution in [0.3, 0.4) is 0 Å². The number of rotatable bonds is 5. The lowest BCUT2D eigenvalue weighted by Gasteiger charge is -2.21. The average Bonchev–Trinajstić information content (AvgIpc) is 3.26. The fraction of sp³-hybridized carbons (Fsp3) is 0.765. The molecule has 6 heteroatoms. The molecule has 0 spiro atoms. The van der Waals surface area contributed by atoms with Gasteiger partial charge in [0.05, 0.1) is 18.2 Å². The molecule has 6 nitrogen and oxygen atoms in total. The lowest BCUT2D eigenvalue weighted by molar-refractivity contribution is -0.127. The third-order valence-electron chi connectivity index (χ3n) is 5.22. The first-order chi connectivity index (χ1) is 11.1. The molecule has 0 bridgehead atoms. The van der Waals surface area contributed by atoms with Crippen molar-refractivity contribution >= 4 is 5.91 Å². The molecule has 3 rings (SSSR count). The van der Waals surface area contributed by atoms with E-state index in [0.717, 1.165) is 37.8 Å². The van der Waals surface area contributed by atoms with Crippen molar-refractivity contribution in [3.05, 3.63) is 18.0 Å². The molecule has 1 aliphatic carbocycles. The maximum absolute atomic E-state index is 12.7. The van der Waals surface area contributed by atoms with Gasteiger partial charge in [-0.05, 0) is 46.7 Å². The molecule has 0 aromatic carbocycles. The Balaban J connectivity index is 1.60. The summed E-state index contributed by atoms with van der Waals surface area (Å²) in [5, 5.41) is 7.56. The van der Waals surface area contributed by atoms with Crippen molar-refractivity contribution in [3.63, 3.8) is 0 Å². The SMILES string of the molecule is CCn1cc([C@H]2OCC[C@@H]2C(=O)N[C@H]2CC[C@@H](N(C)C)C2)cn1. The number of aromatic nitrogens is 2. The molecule has 1 saturated carbocycles. The van der Waals surface area contributed by atoms with Crippen molar-refractivity contribution in [1.29, 1.82) is 0 Å². The highest BCUT2D eigenvalue weighted by Crippen LogP contribution is 2.35. The summed E-state index contributed by atoms with van der Waals surface area (Å²) in [6, 6.07) is 0.883. The minimum Gasteiger partial charge on any atom is -0.373 e. The number of aryl methyl sites for hydroxylation is 1. The lowest BCUT2D eigenvalue weighted by Crippen LogP contribution is -2.39. The first-order valence-corrected chi connectivity index (χ1v) is 8.69. The molecule has 0 radical (unpaired) electrons. The molecule has 0 unspecified atom stereocenters. The normalized spacial score (nSPS) is 31.0. The number of amides is 1. The Bertz CT molecular complexity index is 542. The fourth-order valence-corrected chi connectivity index (χ4v) is 3.75. The Morgan fingerprint density at radius 2 is 2.26 bits per heavy atom. The maximum atomic E-state index is 12.7. The molecule has 2 aliphatic rings. The zero-order valence-electron chi connectivity index (χ0n) is 14.4. The Morgan fingerprint density at radius 1 is 1.43 bits per heavy atom. The first kappa shape index (κ1) is 16.5. The average molecular weight is 320 g/mol. The van der Waals surface area contributed by atoms with Crippen molar-refractivity contribution in [2.75, 3.05) is 20.7 Å². The molecule has 1 aliphatic heterocycles. The molecular weight excluding hydrogens is 292 g/mol. The molecule has 23 heavy (non-hydrogen) atoms. The molecule has 1 N–H and O–H groups in total. The van der Waals surface area contributed by atoms with E-state index < -0.39 is 0 Å². The summed E-state index contributed by atoms with van der Waals surface area (Å²) in [5.41, 5.74) is 1.02. The van der Waals surface area contributed by atoms with E-state index >= 15 is 0 Å². The highest BCUT2D eigenvalue weighted by Gasteiger charge is 2.37. The molecule has 1 aromatic heterocycles. The van der Waals surface area contributed by atoms with E-state index in [-0.39, 0.29) is 17.9 Å². The topological polar surface area (TPSA) is 59.4 Å². The predicted octanol–water partition coefficient (Wildman–Crippen LogP) is 1.58. The van der Waals surface area contributed by atoms with Crippen molar-refractivity contribution in [2.24, 2.45) is 5.92 Å². The summed E-state index contributed by atoms with van der Waals surface area (Å²) in [4.78, 5) is 15.0. The van der Waals surface area contributed by atoms with Gasteiger partial charge >= 0.3 is 0 Å². The van der Waals surface area contributed by atoms with Crippen LogP contribution in [0.1, 0.15) is 44.3 Å². The Kier molecular flexibility index (Phi) is 5.02. The van der Waals surface area contributed by atoms with Gasteiger partial charge < -0.3 is 15.0 Å². The van der Waals surface area contributed by atoms with E-state index in [1.54, 1.807) is 0 Å². The second-order valence-corrected chi connectivity index (χ2v) is 6.95. The predicted molar refractivity (Wildman–Crippen MR) is 88.0 cm³/mol. The third-order valence-corrected chi connectivity index (χ3v) is 5.22. The quantitative estimate of drug-likeness (QED) is 0.895. The van der Waals surface area contributed by atoms with Crippen molar-refractivity contribution in [3.8, 4) is 0 Å². The minimum atomic E-state index is -0.152. The Morgan fingerprint density at radius 3 is 2.91 bits per heavy atom. The van der Waals surface area contributed by atoms with E-state index in [0.29, 0.717) is 18.7 Å². The van der Waals surface area contributed by atoms with Crippen molar-refractivity contribution in [1.82, 2.24) is 20.0 Å². The van der Waals surface area contributed by atoms with Gasteiger partial charge in [0.25, 0.3) is 0 Å². The van der Waals surface area contributed by atoms with Crippen molar-refractivity contribution in [2.45, 2.75) is 57.3 Å². The van der Waals surface area contributed by atoms with Gasteiger partial charge in [-0.1, -0.05) is 0 Å². The number of carbonyl (C=O) groups is 1. The van der Waals surface area contributed by atoms with E-state index in [2.05, 4.69) is 36.3 Å². The second-order valence-electron chi connectivity index (χ2n) is 6.95. The standard InChI is InChI=1S/C17H28N4O2/c1-4-21-11-12(10-18-21)16-15(7-8-23-16)17(22)19-13-5-6-14(9-13)20(2)3/h10-11,13-16H,4-9H2,1-3H3,(H,19,22)/t13-,14+,15-,16+/m0/s1. The van der Waals surface area contributed by atoms with Gasteiger partial charge in [-0.2, -0.15) is 5.10 Å². The van der Waals surface area contributed by atoms with E-state index in [9.17, 15) is 4.79 Å². The maximum Gasteiger partial charge on any atom is 0.226 e. The lowest BCUT2D eigenvalue weighted by atomic mass is 9.96. The number of nitrogens with zero attached hydrogens (tertiary/aromatic N) is 3. The number of hydrogen-bond acceptors (Lipinski definition) is 4. The van der Waals surface area contributed by atoms with Crippen LogP contribution in [0.2, 0.25) is 0 Å². The van der Waals surface area contributed by atoms with Gasteiger partial charge in [0.2, 0.25) is 5.91 Å². The molecule has 1 aromatic rings. The van der Waals surface area contributed by atoms with Crippen LogP contribution in [0.25, 0.3) is 0 Å². The Hall–Kier alpha value is -1.40. The third kappa shape index (κ3) is 3.58. The summed E-state index contributed by atoms with van der Waals surface area (Å²) in [6.07, 6.45) is 7.74. The van der Waals surface area contributed by atoms with Crippen LogP contribution in [0, 0.1) is 5.92 Å². The molecular formula is C17H28N4O2. The van der Waals surface area contributed by atoms with Crippen LogP contribution in [0.5, 0.6) is 0 Å². The number of nitrogens with one attached hydrogen (secondary N) is 1. The number of carbonyl (C=O) groups excluding carboxylic acids is 1. The Labute approximate surface area is 138 Å². The smallest absolute Gasteiger partial charge is 0.226 e. The van der Waals surface area contributed by atoms with Crippen LogP contribution >= 0.6 is 0 Å². The van der Waals surface area contributed by atoms with E-state index in [1.807, 2.05) is 17.1 Å². The van der Waals surface area contributed by atoms with Gasteiger partial charge in [0.15, 0.2) is 0 Å². The molecule has 128 valence electrons. The minimum absolute atomic E-state index is 0.0945. The monoisotopic (exact) mass is 320 g/mol. The van der Waals surface area contributed by atoms with E-state index in [4.69, 9.17) is 4.74 Å². The van der Waals surface area contributed by atoms with Crippen LogP contribution in [0.4, 0.5) is 0 Å². The van der Waals surface area contributed by atoms with Crippen LogP contribution in [0.15, 0.2) is 12.4 Å². The number of ether oxygens (including phenoxy) is 1. The van der Waals surface area contributed by atoms with Gasteiger partial charge in [0.1, 0.15) is 0 Å². The molecule has 2 heterocycles. The summed E-state index contributed by atoms with van der Waals surface area (Å²) in [7, 11) is 4.22. The van der Waals surface area contributed by atoms with E-state index in [1.165, 1.54) is 0 Å². The second kappa shape index (κ2) is 7.01. The van der Waals surface area contributed by atoms with Crippen molar-refractivity contribution < 1.29 is 9.53 Å². The van der Waals surface area contributed by atoms with Crippen LogP contribution in [-0.2, 0) is 16.1 Å². The molecule has 2 fully saturated rings. The van der Waals surface area contributed by atoms with Crippen LogP contribution < -0.4 is 5.32 Å². The highest BCUT2D eigenvalue weighted by molar-refractivity contribution is 5.80. The fourth-order valence-electron chi connectivity index (χ4n) is 3.75. The largest absolute Gasteiger partial charge is 0.373 e. The summed E-state index contributed by atoms with van der Waals surface area (Å²) in [5.74, 6) is 0.0454. The zero-order chi connectivity index (χ0) is 16.4. The van der Waals surface area contributed by atoms with Gasteiger partial charge in [0, 0.05) is 37.0 Å². The number of hydrogen-bond donors (Lipinski definition) is 1. The molecule has 4 atom stereocenters. The zero-order valence-corrected chi connectivity index (χ0v) is 14.4. The van der Waals surface area contributed by atoms with Gasteiger partial charge in [-0.25, -0.2) is 0 Å². The van der Waals surface area contributed by atoms with Crippen LogP contribution in [-0.4, -0.2) is 53.4 Å². The molecule has 1 saturated heterocycles. The summed E-state index contributed by atoms with van der Waals surface area (Å²) in [6.45, 7) is 3.53. The van der Waals surface area contributed by atoms with Gasteiger partial charge in [-0.3, -0.25) is 9.48 Å². The summed E-state index contributed by atoms with van der Waals surface area (Å²) < 4.78 is 7.71. The summed E-state index contributed by atoms with van der Waals surface area (Å²) >= 11 is 0. The van der Waals surface area contributed by atoms with Gasteiger partial charge in [-0.15, -0.1) is 0 Å². The highest BCUT2D eigenvalue weighted by atomic mass is 16.5.